The van der Waals surface area contributed by atoms with Gasteiger partial charge in [-0.05, 0) is 59.5 Å². The minimum Gasteiger partial charge on any atom is -0.354 e. The molecule has 11 heteroatoms. The summed E-state index contributed by atoms with van der Waals surface area (Å²) in [5.74, 6) is -2.24. The Kier molecular flexibility index (Phi) is 11.3. The van der Waals surface area contributed by atoms with Crippen LogP contribution in [-0.4, -0.2) is 44.3 Å². The van der Waals surface area contributed by atoms with Crippen molar-refractivity contribution in [3.63, 3.8) is 0 Å². The summed E-state index contributed by atoms with van der Waals surface area (Å²) in [6, 6.07) is 24.4. The Labute approximate surface area is 267 Å². The number of carbonyl (C=O) groups is 2. The second-order valence-corrected chi connectivity index (χ2v) is 13.2. The molecule has 0 saturated heterocycles. The molecule has 0 radical (unpaired) electrons. The van der Waals surface area contributed by atoms with Crippen molar-refractivity contribution in [1.29, 1.82) is 0 Å². The highest BCUT2D eigenvalue weighted by Gasteiger charge is 2.34. The molecule has 0 aliphatic carbocycles. The summed E-state index contributed by atoms with van der Waals surface area (Å²) in [5, 5.41) is 2.58. The Morgan fingerprint density at radius 1 is 0.844 bits per heavy atom. The van der Waals surface area contributed by atoms with E-state index in [1.54, 1.807) is 18.2 Å². The van der Waals surface area contributed by atoms with Crippen LogP contribution in [0.4, 0.5) is 14.5 Å². The summed E-state index contributed by atoms with van der Waals surface area (Å²) in [5.41, 5.74) is 1.27. The van der Waals surface area contributed by atoms with E-state index in [2.05, 4.69) is 5.32 Å². The molecular formula is C34H34ClF2N3O4S. The molecule has 1 N–H and O–H groups in total. The van der Waals surface area contributed by atoms with E-state index in [9.17, 15) is 26.8 Å². The van der Waals surface area contributed by atoms with E-state index >= 15 is 0 Å². The first-order valence-corrected chi connectivity index (χ1v) is 16.2. The van der Waals surface area contributed by atoms with E-state index in [1.165, 1.54) is 47.4 Å². The van der Waals surface area contributed by atoms with Crippen LogP contribution in [0.5, 0.6) is 0 Å². The first kappa shape index (κ1) is 33.6. The third-order valence-electron chi connectivity index (χ3n) is 7.02. The van der Waals surface area contributed by atoms with E-state index in [1.807, 2.05) is 44.2 Å². The highest BCUT2D eigenvalue weighted by atomic mass is 35.5. The first-order chi connectivity index (χ1) is 21.5. The van der Waals surface area contributed by atoms with Crippen LogP contribution in [-0.2, 0) is 32.6 Å². The zero-order valence-electron chi connectivity index (χ0n) is 24.9. The van der Waals surface area contributed by atoms with E-state index in [-0.39, 0.29) is 34.5 Å². The van der Waals surface area contributed by atoms with Crippen molar-refractivity contribution >= 4 is 39.1 Å². The predicted octanol–water partition coefficient (Wildman–Crippen LogP) is 6.23. The zero-order valence-corrected chi connectivity index (χ0v) is 26.4. The van der Waals surface area contributed by atoms with Crippen molar-refractivity contribution in [2.45, 2.75) is 37.8 Å². The fourth-order valence-electron chi connectivity index (χ4n) is 4.65. The van der Waals surface area contributed by atoms with Crippen LogP contribution in [0.2, 0.25) is 5.02 Å². The van der Waals surface area contributed by atoms with Gasteiger partial charge in [0.25, 0.3) is 10.0 Å². The van der Waals surface area contributed by atoms with Gasteiger partial charge in [-0.25, -0.2) is 17.2 Å². The normalized spacial score (nSPS) is 12.0. The summed E-state index contributed by atoms with van der Waals surface area (Å²) in [6.07, 6.45) is 0.130. The molecule has 4 aromatic rings. The number of nitrogens with zero attached hydrogens (tertiary/aromatic N) is 2. The molecule has 7 nitrogen and oxygen atoms in total. The van der Waals surface area contributed by atoms with Crippen LogP contribution in [0.15, 0.2) is 108 Å². The maximum atomic E-state index is 14.4. The van der Waals surface area contributed by atoms with Gasteiger partial charge in [0.1, 0.15) is 24.2 Å². The van der Waals surface area contributed by atoms with Gasteiger partial charge >= 0.3 is 0 Å². The van der Waals surface area contributed by atoms with Crippen molar-refractivity contribution in [2.24, 2.45) is 5.92 Å². The topological polar surface area (TPSA) is 86.8 Å². The summed E-state index contributed by atoms with van der Waals surface area (Å²) in [4.78, 5) is 29.3. The molecule has 0 aromatic heterocycles. The Hall–Kier alpha value is -4.28. The van der Waals surface area contributed by atoms with Gasteiger partial charge in [-0.15, -0.1) is 0 Å². The number of benzene rings is 4. The number of anilines is 1. The van der Waals surface area contributed by atoms with Crippen molar-refractivity contribution in [3.05, 3.63) is 131 Å². The fourth-order valence-corrected chi connectivity index (χ4v) is 6.25. The van der Waals surface area contributed by atoms with Gasteiger partial charge in [-0.2, -0.15) is 0 Å². The van der Waals surface area contributed by atoms with Crippen LogP contribution in [0.3, 0.4) is 0 Å². The minimum absolute atomic E-state index is 0.0378. The largest absolute Gasteiger partial charge is 0.354 e. The number of sulfonamides is 1. The number of nitrogens with one attached hydrogen (secondary N) is 1. The van der Waals surface area contributed by atoms with Crippen LogP contribution < -0.4 is 9.62 Å². The van der Waals surface area contributed by atoms with Gasteiger partial charge in [0, 0.05) is 19.5 Å². The Morgan fingerprint density at radius 2 is 1.47 bits per heavy atom. The molecule has 4 aromatic carbocycles. The van der Waals surface area contributed by atoms with Gasteiger partial charge in [-0.3, -0.25) is 13.9 Å². The molecule has 0 heterocycles. The molecule has 2 amide bonds. The quantitative estimate of drug-likeness (QED) is 0.186. The minimum atomic E-state index is -4.36. The average Bonchev–Trinajstić information content (AvgIpc) is 3.03. The molecule has 0 saturated carbocycles. The van der Waals surface area contributed by atoms with Gasteiger partial charge in [0.15, 0.2) is 0 Å². The number of rotatable bonds is 13. The molecule has 1 atom stereocenters. The molecule has 0 aliphatic rings. The molecule has 45 heavy (non-hydrogen) atoms. The lowest BCUT2D eigenvalue weighted by Gasteiger charge is -2.34. The van der Waals surface area contributed by atoms with E-state index in [4.69, 9.17) is 11.6 Å². The zero-order chi connectivity index (χ0) is 32.6. The Bertz CT molecular complexity index is 1710. The van der Waals surface area contributed by atoms with Gasteiger partial charge in [0.05, 0.1) is 15.6 Å². The molecule has 0 fully saturated rings. The predicted molar refractivity (Wildman–Crippen MR) is 171 cm³/mol. The van der Waals surface area contributed by atoms with Crippen molar-refractivity contribution in [2.75, 3.05) is 17.4 Å². The lowest BCUT2D eigenvalue weighted by Crippen LogP contribution is -2.53. The highest BCUT2D eigenvalue weighted by Crippen LogP contribution is 2.28. The number of hydrogen-bond donors (Lipinski definition) is 1. The molecule has 236 valence electrons. The molecule has 0 spiro atoms. The lowest BCUT2D eigenvalue weighted by atomic mass is 10.0. The summed E-state index contributed by atoms with van der Waals surface area (Å²) >= 11 is 6.04. The van der Waals surface area contributed by atoms with Crippen molar-refractivity contribution in [1.82, 2.24) is 10.2 Å². The summed E-state index contributed by atoms with van der Waals surface area (Å²) < 4.78 is 56.7. The molecular weight excluding hydrogens is 620 g/mol. The number of hydrogen-bond acceptors (Lipinski definition) is 4. The van der Waals surface area contributed by atoms with Gasteiger partial charge in [0.2, 0.25) is 11.8 Å². The summed E-state index contributed by atoms with van der Waals surface area (Å²) in [6.45, 7) is 3.38. The van der Waals surface area contributed by atoms with Crippen LogP contribution >= 0.6 is 11.6 Å². The first-order valence-electron chi connectivity index (χ1n) is 14.3. The van der Waals surface area contributed by atoms with Crippen molar-refractivity contribution in [3.8, 4) is 0 Å². The third kappa shape index (κ3) is 8.89. The standard InChI is InChI=1S/C34H34ClF2N3O4S/c1-24(2)21-38-34(42)32(19-25-9-5-3-6-10-25)39(22-26-13-15-27(36)16-14-26)33(41)23-40(28-17-18-31(37)30(35)20-28)45(43,44)29-11-7-4-8-12-29/h3-18,20,24,32H,19,21-23H2,1-2H3,(H,38,42)/t32-/m0/s1. The molecule has 4 rings (SSSR count). The SMILES string of the molecule is CC(C)CNC(=O)[C@H](Cc1ccccc1)N(Cc1ccc(F)cc1)C(=O)CN(c1ccc(F)c(Cl)c1)S(=O)(=O)c1ccccc1. The molecule has 0 aliphatic heterocycles. The number of carbonyl (C=O) groups excluding carboxylic acids is 2. The van der Waals surface area contributed by atoms with Crippen LogP contribution in [0, 0.1) is 17.6 Å². The Morgan fingerprint density at radius 3 is 2.07 bits per heavy atom. The highest BCUT2D eigenvalue weighted by molar-refractivity contribution is 7.92. The van der Waals surface area contributed by atoms with Crippen LogP contribution in [0.1, 0.15) is 25.0 Å². The third-order valence-corrected chi connectivity index (χ3v) is 9.10. The second-order valence-electron chi connectivity index (χ2n) is 10.9. The average molecular weight is 654 g/mol. The van der Waals surface area contributed by atoms with E-state index in [0.29, 0.717) is 12.1 Å². The van der Waals surface area contributed by atoms with E-state index < -0.39 is 46.1 Å². The van der Waals surface area contributed by atoms with Crippen LogP contribution in [0.25, 0.3) is 0 Å². The maximum Gasteiger partial charge on any atom is 0.264 e. The van der Waals surface area contributed by atoms with Crippen molar-refractivity contribution < 1.29 is 26.8 Å². The smallest absolute Gasteiger partial charge is 0.264 e. The monoisotopic (exact) mass is 653 g/mol. The summed E-state index contributed by atoms with van der Waals surface area (Å²) in [7, 11) is -4.36. The maximum absolute atomic E-state index is 14.4. The molecule has 0 unspecified atom stereocenters. The number of amides is 2. The fraction of sp³-hybridized carbons (Fsp3) is 0.235. The second kappa shape index (κ2) is 15.1. The lowest BCUT2D eigenvalue weighted by molar-refractivity contribution is -0.140. The van der Waals surface area contributed by atoms with Gasteiger partial charge < -0.3 is 10.2 Å². The van der Waals surface area contributed by atoms with Gasteiger partial charge in [-0.1, -0.05) is 86.1 Å². The van der Waals surface area contributed by atoms with E-state index in [0.717, 1.165) is 22.0 Å². The number of halogens is 3. The molecule has 0 bridgehead atoms. The Balaban J connectivity index is 1.80.